The Morgan fingerprint density at radius 3 is 2.76 bits per heavy atom. The lowest BCUT2D eigenvalue weighted by Crippen LogP contribution is -2.02. The van der Waals surface area contributed by atoms with Crippen LogP contribution >= 0.6 is 0 Å². The van der Waals surface area contributed by atoms with Crippen LogP contribution in [0.5, 0.6) is 0 Å². The van der Waals surface area contributed by atoms with Crippen molar-refractivity contribution in [2.45, 2.75) is 32.3 Å². The largest absolute Gasteiger partial charge is 0.439 e. The van der Waals surface area contributed by atoms with E-state index in [1.165, 1.54) is 30.4 Å². The Labute approximate surface area is 100 Å². The number of fused-ring (bicyclic) bond motifs is 1. The molecule has 0 saturated carbocycles. The fourth-order valence-electron chi connectivity index (χ4n) is 2.38. The third-order valence-corrected chi connectivity index (χ3v) is 3.30. The average Bonchev–Trinajstić information content (AvgIpc) is 2.87. The summed E-state index contributed by atoms with van der Waals surface area (Å²) >= 11 is 0. The van der Waals surface area contributed by atoms with E-state index in [2.05, 4.69) is 23.2 Å². The maximum atomic E-state index is 8.96. The van der Waals surface area contributed by atoms with E-state index in [0.29, 0.717) is 11.7 Å². The second kappa shape index (κ2) is 4.34. The Balaban J connectivity index is 1.97. The van der Waals surface area contributed by atoms with Gasteiger partial charge in [0.05, 0.1) is 6.20 Å². The van der Waals surface area contributed by atoms with E-state index >= 15 is 0 Å². The van der Waals surface area contributed by atoms with E-state index in [9.17, 15) is 0 Å². The van der Waals surface area contributed by atoms with Gasteiger partial charge in [0.25, 0.3) is 0 Å². The van der Waals surface area contributed by atoms with Crippen LogP contribution in [0.3, 0.4) is 0 Å². The van der Waals surface area contributed by atoms with Crippen molar-refractivity contribution in [2.75, 3.05) is 0 Å². The number of hydrogen-bond acceptors (Lipinski definition) is 3. The van der Waals surface area contributed by atoms with E-state index in [1.54, 1.807) is 6.20 Å². The normalized spacial score (nSPS) is 14.6. The molecule has 1 aliphatic carbocycles. The van der Waals surface area contributed by atoms with Gasteiger partial charge in [-0.2, -0.15) is 0 Å². The van der Waals surface area contributed by atoms with Crippen LogP contribution < -0.4 is 0 Å². The van der Waals surface area contributed by atoms with Crippen LogP contribution in [0.15, 0.2) is 28.8 Å². The number of aromatic nitrogens is 1. The van der Waals surface area contributed by atoms with E-state index in [1.807, 2.05) is 0 Å². The smallest absolute Gasteiger partial charge is 0.226 e. The van der Waals surface area contributed by atoms with Crippen molar-refractivity contribution in [3.8, 4) is 11.5 Å². The SMILES string of the molecule is OCc1cnc(-c2ccc3c(c2)CCCC3)o1. The third kappa shape index (κ3) is 1.98. The molecule has 2 aromatic rings. The summed E-state index contributed by atoms with van der Waals surface area (Å²) in [6, 6.07) is 6.39. The van der Waals surface area contributed by atoms with Crippen molar-refractivity contribution in [2.24, 2.45) is 0 Å². The molecule has 3 heteroatoms. The summed E-state index contributed by atoms with van der Waals surface area (Å²) in [5.74, 6) is 1.11. The van der Waals surface area contributed by atoms with E-state index in [4.69, 9.17) is 9.52 Å². The predicted molar refractivity (Wildman–Crippen MR) is 64.5 cm³/mol. The van der Waals surface area contributed by atoms with E-state index < -0.39 is 0 Å². The summed E-state index contributed by atoms with van der Waals surface area (Å²) in [5, 5.41) is 8.96. The molecule has 0 spiro atoms. The van der Waals surface area contributed by atoms with Crippen LogP contribution in [0.1, 0.15) is 29.7 Å². The Hall–Kier alpha value is -1.61. The van der Waals surface area contributed by atoms with Gasteiger partial charge in [-0.25, -0.2) is 4.98 Å². The van der Waals surface area contributed by atoms with Gasteiger partial charge in [0.15, 0.2) is 0 Å². The van der Waals surface area contributed by atoms with Gasteiger partial charge in [-0.15, -0.1) is 0 Å². The van der Waals surface area contributed by atoms with Crippen LogP contribution in [0, 0.1) is 0 Å². The van der Waals surface area contributed by atoms with Gasteiger partial charge in [-0.3, -0.25) is 0 Å². The Morgan fingerprint density at radius 1 is 1.18 bits per heavy atom. The lowest BCUT2D eigenvalue weighted by molar-refractivity contribution is 0.248. The molecule has 0 saturated heterocycles. The van der Waals surface area contributed by atoms with Crippen molar-refractivity contribution in [1.82, 2.24) is 4.98 Å². The highest BCUT2D eigenvalue weighted by atomic mass is 16.4. The Morgan fingerprint density at radius 2 is 2.00 bits per heavy atom. The zero-order valence-corrected chi connectivity index (χ0v) is 9.65. The lowest BCUT2D eigenvalue weighted by atomic mass is 9.90. The fourth-order valence-corrected chi connectivity index (χ4v) is 2.38. The molecule has 1 heterocycles. The summed E-state index contributed by atoms with van der Waals surface area (Å²) in [4.78, 5) is 4.18. The number of oxazole rings is 1. The third-order valence-electron chi connectivity index (χ3n) is 3.30. The second-order valence-electron chi connectivity index (χ2n) is 4.48. The minimum absolute atomic E-state index is 0.0993. The number of benzene rings is 1. The molecule has 17 heavy (non-hydrogen) atoms. The van der Waals surface area contributed by atoms with E-state index in [0.717, 1.165) is 12.0 Å². The molecule has 3 rings (SSSR count). The molecule has 1 N–H and O–H groups in total. The molecule has 0 bridgehead atoms. The molecule has 0 aliphatic heterocycles. The van der Waals surface area contributed by atoms with Crippen LogP contribution in [0.25, 0.3) is 11.5 Å². The molecular formula is C14H15NO2. The van der Waals surface area contributed by atoms with Gasteiger partial charge in [0.1, 0.15) is 12.4 Å². The number of aliphatic hydroxyl groups is 1. The first-order valence-electron chi connectivity index (χ1n) is 6.04. The Kier molecular flexibility index (Phi) is 2.69. The van der Waals surface area contributed by atoms with Gasteiger partial charge in [0, 0.05) is 5.56 Å². The molecule has 1 aromatic heterocycles. The molecule has 1 aliphatic rings. The molecule has 3 nitrogen and oxygen atoms in total. The number of rotatable bonds is 2. The summed E-state index contributed by atoms with van der Waals surface area (Å²) in [6.45, 7) is -0.0993. The monoisotopic (exact) mass is 229 g/mol. The van der Waals surface area contributed by atoms with Crippen molar-refractivity contribution < 1.29 is 9.52 Å². The van der Waals surface area contributed by atoms with Crippen LogP contribution in [-0.2, 0) is 19.4 Å². The maximum Gasteiger partial charge on any atom is 0.226 e. The Bertz CT molecular complexity index is 531. The second-order valence-corrected chi connectivity index (χ2v) is 4.48. The molecule has 0 unspecified atom stereocenters. The van der Waals surface area contributed by atoms with E-state index in [-0.39, 0.29) is 6.61 Å². The minimum Gasteiger partial charge on any atom is -0.439 e. The molecule has 0 radical (unpaired) electrons. The van der Waals surface area contributed by atoms with Crippen LogP contribution in [0.2, 0.25) is 0 Å². The molecule has 1 aromatic carbocycles. The van der Waals surface area contributed by atoms with Gasteiger partial charge in [-0.1, -0.05) is 6.07 Å². The molecule has 0 amide bonds. The average molecular weight is 229 g/mol. The van der Waals surface area contributed by atoms with Gasteiger partial charge < -0.3 is 9.52 Å². The number of hydrogen-bond donors (Lipinski definition) is 1. The molecule has 88 valence electrons. The topological polar surface area (TPSA) is 46.3 Å². The number of nitrogens with zero attached hydrogens (tertiary/aromatic N) is 1. The van der Waals surface area contributed by atoms with Crippen LogP contribution in [0.4, 0.5) is 0 Å². The van der Waals surface area contributed by atoms with Crippen molar-refractivity contribution in [3.63, 3.8) is 0 Å². The fraction of sp³-hybridized carbons (Fsp3) is 0.357. The first-order chi connectivity index (χ1) is 8.36. The van der Waals surface area contributed by atoms with Gasteiger partial charge in [-0.05, 0) is 48.9 Å². The van der Waals surface area contributed by atoms with Gasteiger partial charge >= 0.3 is 0 Å². The highest BCUT2D eigenvalue weighted by molar-refractivity contribution is 5.56. The zero-order valence-electron chi connectivity index (χ0n) is 9.65. The van der Waals surface area contributed by atoms with Crippen molar-refractivity contribution >= 4 is 0 Å². The summed E-state index contributed by atoms with van der Waals surface area (Å²) in [6.07, 6.45) is 6.47. The zero-order chi connectivity index (χ0) is 11.7. The summed E-state index contributed by atoms with van der Waals surface area (Å²) in [7, 11) is 0. The van der Waals surface area contributed by atoms with Crippen LogP contribution in [-0.4, -0.2) is 10.1 Å². The van der Waals surface area contributed by atoms with Crippen molar-refractivity contribution in [3.05, 3.63) is 41.3 Å². The highest BCUT2D eigenvalue weighted by Gasteiger charge is 2.12. The first kappa shape index (κ1) is 10.5. The highest BCUT2D eigenvalue weighted by Crippen LogP contribution is 2.27. The first-order valence-corrected chi connectivity index (χ1v) is 6.04. The predicted octanol–water partition coefficient (Wildman–Crippen LogP) is 2.71. The molecular weight excluding hydrogens is 214 g/mol. The lowest BCUT2D eigenvalue weighted by Gasteiger charge is -2.15. The quantitative estimate of drug-likeness (QED) is 0.861. The summed E-state index contributed by atoms with van der Waals surface area (Å²) < 4.78 is 5.45. The molecule has 0 atom stereocenters. The van der Waals surface area contributed by atoms with Crippen molar-refractivity contribution in [1.29, 1.82) is 0 Å². The number of aryl methyl sites for hydroxylation is 2. The minimum atomic E-state index is -0.0993. The molecule has 0 fully saturated rings. The number of aliphatic hydroxyl groups excluding tert-OH is 1. The summed E-state index contributed by atoms with van der Waals surface area (Å²) in [5.41, 5.74) is 3.87. The standard InChI is InChI=1S/C14H15NO2/c16-9-13-8-15-14(17-13)12-6-5-10-3-1-2-4-11(10)7-12/h5-8,16H,1-4,9H2. The van der Waals surface area contributed by atoms with Gasteiger partial charge in [0.2, 0.25) is 5.89 Å². The maximum absolute atomic E-state index is 8.96.